The van der Waals surface area contributed by atoms with Crippen molar-refractivity contribution in [1.29, 1.82) is 0 Å². The number of nitrogens with zero attached hydrogens (tertiary/aromatic N) is 1. The standard InChI is InChI=1S/C15H19N3O2/c1-19-12-5-3-4-11(10-12)8-9-17-15-13(16)6-7-14(18-15)20-2/h3-7,10H,8-9,16H2,1-2H3,(H,17,18). The molecule has 0 atom stereocenters. The van der Waals surface area contributed by atoms with Crippen LogP contribution in [-0.4, -0.2) is 25.7 Å². The van der Waals surface area contributed by atoms with Crippen LogP contribution in [0.4, 0.5) is 11.5 Å². The van der Waals surface area contributed by atoms with E-state index in [2.05, 4.69) is 16.4 Å². The van der Waals surface area contributed by atoms with Crippen molar-refractivity contribution in [3.05, 3.63) is 42.0 Å². The van der Waals surface area contributed by atoms with Gasteiger partial charge in [-0.2, -0.15) is 4.98 Å². The maximum absolute atomic E-state index is 5.87. The second kappa shape index (κ2) is 6.65. The van der Waals surface area contributed by atoms with Crippen LogP contribution >= 0.6 is 0 Å². The molecule has 5 heteroatoms. The van der Waals surface area contributed by atoms with E-state index < -0.39 is 0 Å². The van der Waals surface area contributed by atoms with E-state index in [0.717, 1.165) is 18.7 Å². The lowest BCUT2D eigenvalue weighted by Crippen LogP contribution is -2.09. The molecule has 20 heavy (non-hydrogen) atoms. The number of nitrogens with two attached hydrogens (primary N) is 1. The van der Waals surface area contributed by atoms with Gasteiger partial charge in [0.1, 0.15) is 5.75 Å². The summed E-state index contributed by atoms with van der Waals surface area (Å²) < 4.78 is 10.3. The van der Waals surface area contributed by atoms with Crippen LogP contribution in [-0.2, 0) is 6.42 Å². The van der Waals surface area contributed by atoms with Crippen molar-refractivity contribution in [2.24, 2.45) is 0 Å². The molecule has 0 unspecified atom stereocenters. The Kier molecular flexibility index (Phi) is 4.65. The molecular formula is C15H19N3O2. The molecule has 0 saturated heterocycles. The van der Waals surface area contributed by atoms with Gasteiger partial charge < -0.3 is 20.5 Å². The van der Waals surface area contributed by atoms with E-state index in [-0.39, 0.29) is 0 Å². The Labute approximate surface area is 118 Å². The zero-order valence-electron chi connectivity index (χ0n) is 11.7. The number of hydrogen-bond donors (Lipinski definition) is 2. The van der Waals surface area contributed by atoms with Crippen LogP contribution < -0.4 is 20.5 Å². The number of hydrogen-bond acceptors (Lipinski definition) is 5. The molecule has 0 radical (unpaired) electrons. The highest BCUT2D eigenvalue weighted by molar-refractivity contribution is 5.61. The average Bonchev–Trinajstić information content (AvgIpc) is 2.49. The van der Waals surface area contributed by atoms with E-state index in [9.17, 15) is 0 Å². The lowest BCUT2D eigenvalue weighted by Gasteiger charge is -2.10. The monoisotopic (exact) mass is 273 g/mol. The van der Waals surface area contributed by atoms with Crippen molar-refractivity contribution in [3.8, 4) is 11.6 Å². The third-order valence-electron chi connectivity index (χ3n) is 2.95. The molecule has 0 aliphatic heterocycles. The van der Waals surface area contributed by atoms with Gasteiger partial charge in [-0.15, -0.1) is 0 Å². The van der Waals surface area contributed by atoms with E-state index in [1.54, 1.807) is 26.4 Å². The molecule has 1 heterocycles. The second-order valence-electron chi connectivity index (χ2n) is 4.32. The highest BCUT2D eigenvalue weighted by atomic mass is 16.5. The summed E-state index contributed by atoms with van der Waals surface area (Å²) in [7, 11) is 3.25. The van der Waals surface area contributed by atoms with E-state index >= 15 is 0 Å². The number of nitrogen functional groups attached to an aromatic ring is 1. The first kappa shape index (κ1) is 14.0. The normalized spacial score (nSPS) is 10.1. The number of pyridine rings is 1. The number of benzene rings is 1. The summed E-state index contributed by atoms with van der Waals surface area (Å²) in [5.41, 5.74) is 7.67. The van der Waals surface area contributed by atoms with Crippen LogP contribution in [0.15, 0.2) is 36.4 Å². The third kappa shape index (κ3) is 3.54. The molecule has 0 spiro atoms. The minimum Gasteiger partial charge on any atom is -0.497 e. The molecular weight excluding hydrogens is 254 g/mol. The zero-order valence-corrected chi connectivity index (χ0v) is 11.7. The minimum absolute atomic E-state index is 0.545. The fourth-order valence-electron chi connectivity index (χ4n) is 1.86. The third-order valence-corrected chi connectivity index (χ3v) is 2.95. The van der Waals surface area contributed by atoms with Gasteiger partial charge in [0.25, 0.3) is 0 Å². The van der Waals surface area contributed by atoms with Gasteiger partial charge in [-0.05, 0) is 30.2 Å². The van der Waals surface area contributed by atoms with E-state index in [0.29, 0.717) is 17.4 Å². The largest absolute Gasteiger partial charge is 0.497 e. The van der Waals surface area contributed by atoms with Gasteiger partial charge in [0.05, 0.1) is 19.9 Å². The SMILES string of the molecule is COc1cccc(CCNc2nc(OC)ccc2N)c1. The van der Waals surface area contributed by atoms with Crippen LogP contribution in [0, 0.1) is 0 Å². The second-order valence-corrected chi connectivity index (χ2v) is 4.32. The van der Waals surface area contributed by atoms with E-state index in [1.165, 1.54) is 5.56 Å². The van der Waals surface area contributed by atoms with E-state index in [1.807, 2.05) is 18.2 Å². The first-order chi connectivity index (χ1) is 9.72. The molecule has 0 fully saturated rings. The quantitative estimate of drug-likeness (QED) is 0.845. The predicted octanol–water partition coefficient (Wildman–Crippen LogP) is 2.34. The average molecular weight is 273 g/mol. The zero-order chi connectivity index (χ0) is 14.4. The highest BCUT2D eigenvalue weighted by Gasteiger charge is 2.03. The Morgan fingerprint density at radius 3 is 2.75 bits per heavy atom. The topological polar surface area (TPSA) is 69.4 Å². The Hall–Kier alpha value is -2.43. The van der Waals surface area contributed by atoms with Crippen molar-refractivity contribution in [2.45, 2.75) is 6.42 Å². The molecule has 3 N–H and O–H groups in total. The molecule has 5 nitrogen and oxygen atoms in total. The summed E-state index contributed by atoms with van der Waals surface area (Å²) in [4.78, 5) is 4.27. The summed E-state index contributed by atoms with van der Waals surface area (Å²) in [5, 5.41) is 3.22. The van der Waals surface area contributed by atoms with Gasteiger partial charge in [-0.3, -0.25) is 0 Å². The molecule has 2 aromatic rings. The van der Waals surface area contributed by atoms with Gasteiger partial charge in [-0.1, -0.05) is 12.1 Å². The Morgan fingerprint density at radius 2 is 2.00 bits per heavy atom. The van der Waals surface area contributed by atoms with E-state index in [4.69, 9.17) is 15.2 Å². The first-order valence-corrected chi connectivity index (χ1v) is 6.40. The molecule has 0 amide bonds. The maximum Gasteiger partial charge on any atom is 0.215 e. The molecule has 0 aliphatic carbocycles. The number of aromatic nitrogens is 1. The number of methoxy groups -OCH3 is 2. The fraction of sp³-hybridized carbons (Fsp3) is 0.267. The van der Waals surface area contributed by atoms with Crippen LogP contribution in [0.3, 0.4) is 0 Å². The summed E-state index contributed by atoms with van der Waals surface area (Å²) in [6.45, 7) is 0.734. The highest BCUT2D eigenvalue weighted by Crippen LogP contribution is 2.19. The van der Waals surface area contributed by atoms with Crippen LogP contribution in [0.25, 0.3) is 0 Å². The van der Waals surface area contributed by atoms with Crippen molar-refractivity contribution in [2.75, 3.05) is 31.8 Å². The maximum atomic E-state index is 5.87. The van der Waals surface area contributed by atoms with Gasteiger partial charge in [0.15, 0.2) is 5.82 Å². The molecule has 1 aromatic carbocycles. The van der Waals surface area contributed by atoms with Crippen LogP contribution in [0.1, 0.15) is 5.56 Å². The van der Waals surface area contributed by atoms with Crippen molar-refractivity contribution < 1.29 is 9.47 Å². The number of ether oxygens (including phenoxy) is 2. The minimum atomic E-state index is 0.545. The van der Waals surface area contributed by atoms with Gasteiger partial charge in [-0.25, -0.2) is 0 Å². The Morgan fingerprint density at radius 1 is 1.15 bits per heavy atom. The Bertz CT molecular complexity index is 573. The summed E-state index contributed by atoms with van der Waals surface area (Å²) in [6.07, 6.45) is 0.857. The summed E-state index contributed by atoms with van der Waals surface area (Å²) in [6, 6.07) is 11.5. The van der Waals surface area contributed by atoms with Gasteiger partial charge >= 0.3 is 0 Å². The first-order valence-electron chi connectivity index (χ1n) is 6.40. The number of nitrogens with one attached hydrogen (secondary N) is 1. The lowest BCUT2D eigenvalue weighted by atomic mass is 10.1. The molecule has 2 rings (SSSR count). The molecule has 0 bridgehead atoms. The number of anilines is 2. The molecule has 0 aliphatic rings. The Balaban J connectivity index is 1.95. The fourth-order valence-corrected chi connectivity index (χ4v) is 1.86. The molecule has 0 saturated carbocycles. The van der Waals surface area contributed by atoms with Crippen LogP contribution in [0.2, 0.25) is 0 Å². The molecule has 1 aromatic heterocycles. The van der Waals surface area contributed by atoms with Gasteiger partial charge in [0.2, 0.25) is 5.88 Å². The van der Waals surface area contributed by atoms with Gasteiger partial charge in [0, 0.05) is 12.6 Å². The molecule has 106 valence electrons. The van der Waals surface area contributed by atoms with Crippen molar-refractivity contribution in [3.63, 3.8) is 0 Å². The summed E-state index contributed by atoms with van der Waals surface area (Å²) in [5.74, 6) is 2.05. The number of rotatable bonds is 6. The van der Waals surface area contributed by atoms with Crippen molar-refractivity contribution >= 4 is 11.5 Å². The van der Waals surface area contributed by atoms with Crippen LogP contribution in [0.5, 0.6) is 11.6 Å². The summed E-state index contributed by atoms with van der Waals surface area (Å²) >= 11 is 0. The van der Waals surface area contributed by atoms with Crippen molar-refractivity contribution in [1.82, 2.24) is 4.98 Å². The smallest absolute Gasteiger partial charge is 0.215 e. The lowest BCUT2D eigenvalue weighted by molar-refractivity contribution is 0.398. The predicted molar refractivity (Wildman–Crippen MR) is 80.4 cm³/mol.